The van der Waals surface area contributed by atoms with Crippen molar-refractivity contribution in [3.8, 4) is 0 Å². The molecule has 3 amide bonds. The van der Waals surface area contributed by atoms with Gasteiger partial charge in [0.1, 0.15) is 0 Å². The van der Waals surface area contributed by atoms with Gasteiger partial charge in [-0.3, -0.25) is 14.4 Å². The quantitative estimate of drug-likeness (QED) is 0.877. The van der Waals surface area contributed by atoms with Gasteiger partial charge in [0.05, 0.1) is 16.8 Å². The second-order valence-electron chi connectivity index (χ2n) is 6.50. The molecule has 0 saturated heterocycles. The number of amides is 3. The van der Waals surface area contributed by atoms with Crippen LogP contribution in [-0.2, 0) is 0 Å². The van der Waals surface area contributed by atoms with Crippen LogP contribution in [0.1, 0.15) is 56.8 Å². The Balaban J connectivity index is 1.61. The molecule has 2 aromatic rings. The summed E-state index contributed by atoms with van der Waals surface area (Å²) in [5, 5.41) is 3.03. The average Bonchev–Trinajstić information content (AvgIpc) is 3.23. The van der Waals surface area contributed by atoms with Crippen LogP contribution in [0.2, 0.25) is 0 Å². The maximum Gasteiger partial charge on any atom is 0.266 e. The highest BCUT2D eigenvalue weighted by Gasteiger charge is 2.36. The Morgan fingerprint density at radius 2 is 1.56 bits per heavy atom. The minimum Gasteiger partial charge on any atom is -0.349 e. The third-order valence-corrected chi connectivity index (χ3v) is 4.85. The molecule has 1 aliphatic carbocycles. The van der Waals surface area contributed by atoms with Crippen LogP contribution in [-0.4, -0.2) is 23.8 Å². The number of hydrogen-bond acceptors (Lipinski definition) is 3. The first-order valence-electron chi connectivity index (χ1n) is 8.54. The topological polar surface area (TPSA) is 66.5 Å². The molecule has 2 aromatic carbocycles. The lowest BCUT2D eigenvalue weighted by atomic mass is 10.1. The van der Waals surface area contributed by atoms with E-state index in [0.29, 0.717) is 22.4 Å². The Bertz CT molecular complexity index is 834. The molecular formula is C20H18N2O3. The summed E-state index contributed by atoms with van der Waals surface area (Å²) in [5.74, 6) is -0.867. The molecule has 25 heavy (non-hydrogen) atoms. The summed E-state index contributed by atoms with van der Waals surface area (Å²) in [6.45, 7) is 0. The van der Waals surface area contributed by atoms with Crippen LogP contribution in [0.15, 0.2) is 48.5 Å². The highest BCUT2D eigenvalue weighted by molar-refractivity contribution is 6.34. The van der Waals surface area contributed by atoms with Crippen molar-refractivity contribution in [3.05, 3.63) is 65.2 Å². The van der Waals surface area contributed by atoms with Crippen molar-refractivity contribution >= 4 is 23.4 Å². The van der Waals surface area contributed by atoms with E-state index in [-0.39, 0.29) is 23.8 Å². The summed E-state index contributed by atoms with van der Waals surface area (Å²) in [6, 6.07) is 13.7. The molecule has 1 fully saturated rings. The molecule has 5 nitrogen and oxygen atoms in total. The van der Waals surface area contributed by atoms with E-state index in [1.165, 1.54) is 0 Å². The number of hydrogen-bond donors (Lipinski definition) is 1. The minimum atomic E-state index is -0.353. The normalized spacial score (nSPS) is 17.0. The van der Waals surface area contributed by atoms with Crippen LogP contribution < -0.4 is 10.2 Å². The van der Waals surface area contributed by atoms with Gasteiger partial charge >= 0.3 is 0 Å². The molecule has 1 N–H and O–H groups in total. The van der Waals surface area contributed by atoms with E-state index < -0.39 is 0 Å². The van der Waals surface area contributed by atoms with Crippen molar-refractivity contribution in [2.75, 3.05) is 4.90 Å². The number of fused-ring (bicyclic) bond motifs is 1. The predicted molar refractivity (Wildman–Crippen MR) is 93.7 cm³/mol. The van der Waals surface area contributed by atoms with Gasteiger partial charge in [-0.25, -0.2) is 4.90 Å². The first-order chi connectivity index (χ1) is 12.1. The second-order valence-corrected chi connectivity index (χ2v) is 6.50. The van der Waals surface area contributed by atoms with E-state index in [4.69, 9.17) is 0 Å². The number of rotatable bonds is 3. The number of carbonyl (C=O) groups is 3. The van der Waals surface area contributed by atoms with Crippen LogP contribution in [0.3, 0.4) is 0 Å². The summed E-state index contributed by atoms with van der Waals surface area (Å²) in [4.78, 5) is 38.7. The van der Waals surface area contributed by atoms with Crippen molar-refractivity contribution in [2.45, 2.75) is 31.7 Å². The SMILES string of the molecule is O=C(NC1CCCC1)c1cccc(N2C(=O)c3ccccc3C2=O)c1. The number of imide groups is 1. The highest BCUT2D eigenvalue weighted by atomic mass is 16.2. The standard InChI is InChI=1S/C20H18N2O3/c23-18(21-14-7-1-2-8-14)13-6-5-9-15(12-13)22-19(24)16-10-3-4-11-17(16)20(22)25/h3-6,9-12,14H,1-2,7-8H2,(H,21,23). The first kappa shape index (κ1) is 15.6. The molecule has 0 spiro atoms. The molecular weight excluding hydrogens is 316 g/mol. The zero-order valence-electron chi connectivity index (χ0n) is 13.7. The summed E-state index contributed by atoms with van der Waals surface area (Å²) < 4.78 is 0. The van der Waals surface area contributed by atoms with Gasteiger partial charge in [-0.05, 0) is 43.2 Å². The van der Waals surface area contributed by atoms with E-state index in [1.807, 2.05) is 0 Å². The molecule has 1 aliphatic heterocycles. The van der Waals surface area contributed by atoms with Crippen molar-refractivity contribution < 1.29 is 14.4 Å². The maximum absolute atomic E-state index is 12.6. The van der Waals surface area contributed by atoms with Crippen LogP contribution in [0.25, 0.3) is 0 Å². The fraction of sp³-hybridized carbons (Fsp3) is 0.250. The number of nitrogens with one attached hydrogen (secondary N) is 1. The summed E-state index contributed by atoms with van der Waals surface area (Å²) >= 11 is 0. The average molecular weight is 334 g/mol. The molecule has 0 bridgehead atoms. The van der Waals surface area contributed by atoms with E-state index >= 15 is 0 Å². The molecule has 1 saturated carbocycles. The van der Waals surface area contributed by atoms with E-state index in [0.717, 1.165) is 30.6 Å². The van der Waals surface area contributed by atoms with Crippen molar-refractivity contribution in [2.24, 2.45) is 0 Å². The van der Waals surface area contributed by atoms with Gasteiger partial charge < -0.3 is 5.32 Å². The summed E-state index contributed by atoms with van der Waals surface area (Å²) in [6.07, 6.45) is 4.29. The number of carbonyl (C=O) groups excluding carboxylic acids is 3. The van der Waals surface area contributed by atoms with Gasteiger partial charge in [0.15, 0.2) is 0 Å². The van der Waals surface area contributed by atoms with Gasteiger partial charge in [-0.1, -0.05) is 31.0 Å². The molecule has 126 valence electrons. The molecule has 2 aliphatic rings. The van der Waals surface area contributed by atoms with Crippen molar-refractivity contribution in [1.29, 1.82) is 0 Å². The summed E-state index contributed by atoms with van der Waals surface area (Å²) in [7, 11) is 0. The Hall–Kier alpha value is -2.95. The van der Waals surface area contributed by atoms with Gasteiger partial charge in [0.2, 0.25) is 0 Å². The number of nitrogens with zero attached hydrogens (tertiary/aromatic N) is 1. The number of benzene rings is 2. The lowest BCUT2D eigenvalue weighted by Crippen LogP contribution is -2.33. The third-order valence-electron chi connectivity index (χ3n) is 4.85. The van der Waals surface area contributed by atoms with Crippen LogP contribution in [0, 0.1) is 0 Å². The van der Waals surface area contributed by atoms with Gasteiger partial charge in [0, 0.05) is 11.6 Å². The molecule has 0 radical (unpaired) electrons. The lowest BCUT2D eigenvalue weighted by molar-refractivity contribution is 0.0915. The van der Waals surface area contributed by atoms with E-state index in [2.05, 4.69) is 5.32 Å². The van der Waals surface area contributed by atoms with Gasteiger partial charge in [0.25, 0.3) is 17.7 Å². The zero-order chi connectivity index (χ0) is 17.4. The Morgan fingerprint density at radius 3 is 2.20 bits per heavy atom. The minimum absolute atomic E-state index is 0.162. The third kappa shape index (κ3) is 2.71. The molecule has 5 heteroatoms. The maximum atomic E-state index is 12.6. The number of anilines is 1. The van der Waals surface area contributed by atoms with Crippen LogP contribution in [0.5, 0.6) is 0 Å². The van der Waals surface area contributed by atoms with E-state index in [9.17, 15) is 14.4 Å². The van der Waals surface area contributed by atoms with E-state index in [1.54, 1.807) is 48.5 Å². The van der Waals surface area contributed by atoms with Gasteiger partial charge in [-0.15, -0.1) is 0 Å². The fourth-order valence-corrected chi connectivity index (χ4v) is 3.55. The zero-order valence-corrected chi connectivity index (χ0v) is 13.7. The Morgan fingerprint density at radius 1 is 0.920 bits per heavy atom. The predicted octanol–water partition coefficient (Wildman–Crippen LogP) is 3.16. The monoisotopic (exact) mass is 334 g/mol. The summed E-state index contributed by atoms with van der Waals surface area (Å²) in [5.41, 5.74) is 1.67. The van der Waals surface area contributed by atoms with Gasteiger partial charge in [-0.2, -0.15) is 0 Å². The largest absolute Gasteiger partial charge is 0.349 e. The lowest BCUT2D eigenvalue weighted by Gasteiger charge is -2.16. The molecule has 0 atom stereocenters. The van der Waals surface area contributed by atoms with Crippen molar-refractivity contribution in [1.82, 2.24) is 5.32 Å². The fourth-order valence-electron chi connectivity index (χ4n) is 3.55. The molecule has 4 rings (SSSR count). The van der Waals surface area contributed by atoms with Crippen molar-refractivity contribution in [3.63, 3.8) is 0 Å². The first-order valence-corrected chi connectivity index (χ1v) is 8.54. The van der Waals surface area contributed by atoms with Crippen LogP contribution >= 0.6 is 0 Å². The Labute approximate surface area is 145 Å². The highest BCUT2D eigenvalue weighted by Crippen LogP contribution is 2.28. The second kappa shape index (κ2) is 6.16. The molecule has 0 unspecified atom stereocenters. The molecule has 1 heterocycles. The smallest absolute Gasteiger partial charge is 0.266 e. The molecule has 0 aromatic heterocycles. The van der Waals surface area contributed by atoms with Crippen LogP contribution in [0.4, 0.5) is 5.69 Å². The Kier molecular flexibility index (Phi) is 3.84.